The van der Waals surface area contributed by atoms with E-state index in [9.17, 15) is 14.9 Å². The van der Waals surface area contributed by atoms with Gasteiger partial charge in [0, 0.05) is 29.4 Å². The highest BCUT2D eigenvalue weighted by molar-refractivity contribution is 6.06. The molecule has 0 atom stereocenters. The first-order valence-electron chi connectivity index (χ1n) is 6.77. The number of nitro benzene ring substituents is 1. The van der Waals surface area contributed by atoms with Crippen LogP contribution in [-0.4, -0.2) is 17.4 Å². The van der Waals surface area contributed by atoms with E-state index in [0.29, 0.717) is 12.1 Å². The van der Waals surface area contributed by atoms with Gasteiger partial charge < -0.3 is 4.90 Å². The first-order valence-corrected chi connectivity index (χ1v) is 6.77. The normalized spacial score (nSPS) is 10.0. The second-order valence-electron chi connectivity index (χ2n) is 4.80. The zero-order chi connectivity index (χ0) is 16.1. The standard InChI is InChI=1S/C17H16N2O3/c1-3-11-18(15-7-5-4-6-8-15)17(20)14-10-9-13(2)16(12-14)19(21)22/h3-10,12H,1,11H2,2H3. The second-order valence-corrected chi connectivity index (χ2v) is 4.80. The molecule has 0 aliphatic carbocycles. The average Bonchev–Trinajstić information content (AvgIpc) is 2.53. The summed E-state index contributed by atoms with van der Waals surface area (Å²) in [6.45, 7) is 5.63. The molecule has 0 heterocycles. The summed E-state index contributed by atoms with van der Waals surface area (Å²) in [5.41, 5.74) is 1.47. The van der Waals surface area contributed by atoms with Gasteiger partial charge in [-0.25, -0.2) is 0 Å². The first kappa shape index (κ1) is 15.4. The molecule has 5 heteroatoms. The number of nitrogens with zero attached hydrogens (tertiary/aromatic N) is 2. The minimum atomic E-state index is -0.480. The molecule has 0 fully saturated rings. The summed E-state index contributed by atoms with van der Waals surface area (Å²) in [4.78, 5) is 24.8. The summed E-state index contributed by atoms with van der Waals surface area (Å²) in [5, 5.41) is 11.0. The van der Waals surface area contributed by atoms with E-state index in [1.54, 1.807) is 25.1 Å². The van der Waals surface area contributed by atoms with Crippen LogP contribution in [0.1, 0.15) is 15.9 Å². The van der Waals surface area contributed by atoms with Gasteiger partial charge in [-0.3, -0.25) is 14.9 Å². The van der Waals surface area contributed by atoms with Crippen LogP contribution in [0.25, 0.3) is 0 Å². The van der Waals surface area contributed by atoms with Crippen LogP contribution in [0.4, 0.5) is 11.4 Å². The summed E-state index contributed by atoms with van der Waals surface area (Å²) in [6, 6.07) is 13.6. The smallest absolute Gasteiger partial charge is 0.273 e. The Bertz CT molecular complexity index is 711. The van der Waals surface area contributed by atoms with Gasteiger partial charge >= 0.3 is 0 Å². The molecular formula is C17H16N2O3. The molecule has 2 aromatic carbocycles. The third-order valence-corrected chi connectivity index (χ3v) is 3.28. The minimum Gasteiger partial charge on any atom is -0.305 e. The number of benzene rings is 2. The number of aryl methyl sites for hydroxylation is 1. The maximum atomic E-state index is 12.7. The fraction of sp³-hybridized carbons (Fsp3) is 0.118. The minimum absolute atomic E-state index is 0.0579. The zero-order valence-corrected chi connectivity index (χ0v) is 12.2. The molecule has 22 heavy (non-hydrogen) atoms. The number of carbonyl (C=O) groups excluding carboxylic acids is 1. The van der Waals surface area contributed by atoms with Crippen LogP contribution in [-0.2, 0) is 0 Å². The molecule has 5 nitrogen and oxygen atoms in total. The number of carbonyl (C=O) groups is 1. The van der Waals surface area contributed by atoms with E-state index in [0.717, 1.165) is 5.69 Å². The molecule has 2 rings (SSSR count). The fourth-order valence-electron chi connectivity index (χ4n) is 2.14. The summed E-state index contributed by atoms with van der Waals surface area (Å²) in [7, 11) is 0. The van der Waals surface area contributed by atoms with Gasteiger partial charge in [-0.2, -0.15) is 0 Å². The van der Waals surface area contributed by atoms with E-state index in [-0.39, 0.29) is 17.2 Å². The van der Waals surface area contributed by atoms with Crippen molar-refractivity contribution in [3.05, 3.63) is 82.4 Å². The van der Waals surface area contributed by atoms with Gasteiger partial charge in [-0.15, -0.1) is 6.58 Å². The summed E-state index contributed by atoms with van der Waals surface area (Å²) in [5.74, 6) is -0.297. The molecule has 2 aromatic rings. The Morgan fingerprint density at radius 2 is 1.95 bits per heavy atom. The zero-order valence-electron chi connectivity index (χ0n) is 12.2. The van der Waals surface area contributed by atoms with Gasteiger partial charge in [0.1, 0.15) is 0 Å². The van der Waals surface area contributed by atoms with Crippen molar-refractivity contribution in [1.29, 1.82) is 0 Å². The number of anilines is 1. The lowest BCUT2D eigenvalue weighted by Crippen LogP contribution is -2.31. The highest BCUT2D eigenvalue weighted by Crippen LogP contribution is 2.22. The summed E-state index contributed by atoms with van der Waals surface area (Å²) < 4.78 is 0. The molecule has 0 bridgehead atoms. The van der Waals surface area contributed by atoms with Crippen LogP contribution in [0.5, 0.6) is 0 Å². The van der Waals surface area contributed by atoms with Crippen LogP contribution in [0.3, 0.4) is 0 Å². The molecule has 0 spiro atoms. The van der Waals surface area contributed by atoms with Crippen molar-refractivity contribution in [2.24, 2.45) is 0 Å². The first-order chi connectivity index (χ1) is 10.5. The van der Waals surface area contributed by atoms with Crippen molar-refractivity contribution >= 4 is 17.3 Å². The van der Waals surface area contributed by atoms with Gasteiger partial charge in [-0.05, 0) is 25.1 Å². The van der Waals surface area contributed by atoms with Gasteiger partial charge in [0.2, 0.25) is 0 Å². The second kappa shape index (κ2) is 6.67. The molecule has 1 amide bonds. The Hall–Kier alpha value is -2.95. The van der Waals surface area contributed by atoms with E-state index < -0.39 is 4.92 Å². The number of hydrogen-bond acceptors (Lipinski definition) is 3. The molecule has 0 aliphatic heterocycles. The Balaban J connectivity index is 2.41. The highest BCUT2D eigenvalue weighted by Gasteiger charge is 2.20. The predicted molar refractivity (Wildman–Crippen MR) is 86.1 cm³/mol. The lowest BCUT2D eigenvalue weighted by atomic mass is 10.1. The SMILES string of the molecule is C=CCN(C(=O)c1ccc(C)c([N+](=O)[O-])c1)c1ccccc1. The predicted octanol–water partition coefficient (Wildman–Crippen LogP) is 3.74. The van der Waals surface area contributed by atoms with Crippen LogP contribution in [0, 0.1) is 17.0 Å². The average molecular weight is 296 g/mol. The van der Waals surface area contributed by atoms with E-state index >= 15 is 0 Å². The van der Waals surface area contributed by atoms with Crippen LogP contribution >= 0.6 is 0 Å². The number of nitro groups is 1. The Labute approximate surface area is 128 Å². The molecule has 0 saturated carbocycles. The van der Waals surface area contributed by atoms with Crippen molar-refractivity contribution < 1.29 is 9.72 Å². The molecule has 0 unspecified atom stereocenters. The van der Waals surface area contributed by atoms with Gasteiger partial charge in [0.15, 0.2) is 0 Å². The monoisotopic (exact) mass is 296 g/mol. The fourth-order valence-corrected chi connectivity index (χ4v) is 2.14. The number of para-hydroxylation sites is 1. The van der Waals surface area contributed by atoms with Crippen molar-refractivity contribution in [3.8, 4) is 0 Å². The van der Waals surface area contributed by atoms with E-state index in [2.05, 4.69) is 6.58 Å². The Morgan fingerprint density at radius 1 is 1.27 bits per heavy atom. The maximum absolute atomic E-state index is 12.7. The lowest BCUT2D eigenvalue weighted by molar-refractivity contribution is -0.385. The van der Waals surface area contributed by atoms with E-state index in [1.807, 2.05) is 30.3 Å². The molecule has 0 aliphatic rings. The Kier molecular flexibility index (Phi) is 4.68. The highest BCUT2D eigenvalue weighted by atomic mass is 16.6. The van der Waals surface area contributed by atoms with Crippen molar-refractivity contribution in [2.75, 3.05) is 11.4 Å². The number of hydrogen-bond donors (Lipinski definition) is 0. The lowest BCUT2D eigenvalue weighted by Gasteiger charge is -2.21. The third kappa shape index (κ3) is 3.20. The summed E-state index contributed by atoms with van der Waals surface area (Å²) in [6.07, 6.45) is 1.62. The third-order valence-electron chi connectivity index (χ3n) is 3.28. The van der Waals surface area contributed by atoms with Gasteiger partial charge in [0.05, 0.1) is 4.92 Å². The van der Waals surface area contributed by atoms with Gasteiger partial charge in [0.25, 0.3) is 11.6 Å². The number of amides is 1. The Morgan fingerprint density at radius 3 is 2.55 bits per heavy atom. The maximum Gasteiger partial charge on any atom is 0.273 e. The summed E-state index contributed by atoms with van der Waals surface area (Å²) >= 11 is 0. The molecule has 0 N–H and O–H groups in total. The van der Waals surface area contributed by atoms with E-state index in [4.69, 9.17) is 0 Å². The topological polar surface area (TPSA) is 63.5 Å². The number of rotatable bonds is 5. The molecule has 0 aromatic heterocycles. The molecule has 0 radical (unpaired) electrons. The quantitative estimate of drug-likeness (QED) is 0.479. The van der Waals surface area contributed by atoms with Crippen molar-refractivity contribution in [3.63, 3.8) is 0 Å². The van der Waals surface area contributed by atoms with Crippen LogP contribution < -0.4 is 4.90 Å². The van der Waals surface area contributed by atoms with E-state index in [1.165, 1.54) is 11.0 Å². The van der Waals surface area contributed by atoms with Crippen molar-refractivity contribution in [1.82, 2.24) is 0 Å². The van der Waals surface area contributed by atoms with Gasteiger partial charge in [-0.1, -0.05) is 30.3 Å². The van der Waals surface area contributed by atoms with Crippen LogP contribution in [0.15, 0.2) is 61.2 Å². The molecular weight excluding hydrogens is 280 g/mol. The molecule has 112 valence electrons. The largest absolute Gasteiger partial charge is 0.305 e. The molecule has 0 saturated heterocycles. The van der Waals surface area contributed by atoms with Crippen molar-refractivity contribution in [2.45, 2.75) is 6.92 Å². The van der Waals surface area contributed by atoms with Crippen LogP contribution in [0.2, 0.25) is 0 Å².